The topological polar surface area (TPSA) is 68.6 Å². The van der Waals surface area contributed by atoms with Crippen molar-refractivity contribution in [3.63, 3.8) is 0 Å². The van der Waals surface area contributed by atoms with Gasteiger partial charge in [-0.25, -0.2) is 9.48 Å². The summed E-state index contributed by atoms with van der Waals surface area (Å²) >= 11 is 0. The lowest BCUT2D eigenvalue weighted by atomic mass is 10.1. The van der Waals surface area contributed by atoms with Gasteiger partial charge in [0.25, 0.3) is 0 Å². The van der Waals surface area contributed by atoms with Gasteiger partial charge in [-0.05, 0) is 43.7 Å². The number of ether oxygens (including phenoxy) is 2. The quantitative estimate of drug-likeness (QED) is 0.316. The average molecular weight is 485 g/mol. The van der Waals surface area contributed by atoms with E-state index in [1.807, 2.05) is 106 Å². The molecule has 0 spiro atoms. The van der Waals surface area contributed by atoms with Crippen LogP contribution in [0.25, 0.3) is 11.3 Å². The van der Waals surface area contributed by atoms with Gasteiger partial charge in [-0.2, -0.15) is 5.10 Å². The van der Waals surface area contributed by atoms with E-state index in [0.717, 1.165) is 28.1 Å². The largest absolute Gasteiger partial charge is 0.497 e. The molecule has 0 aliphatic rings. The summed E-state index contributed by atoms with van der Waals surface area (Å²) in [5.41, 5.74) is 3.60. The Bertz CT molecular complexity index is 1270. The van der Waals surface area contributed by atoms with Crippen LogP contribution in [0.2, 0.25) is 0 Å². The number of methoxy groups -OCH3 is 1. The minimum Gasteiger partial charge on any atom is -0.497 e. The molecule has 0 radical (unpaired) electrons. The van der Waals surface area contributed by atoms with E-state index in [0.29, 0.717) is 24.7 Å². The zero-order valence-corrected chi connectivity index (χ0v) is 21.1. The SMILES string of the molecule is COc1ccc(Oc2c(CN(Cc3ccccc3)C(=O)NC(C)C)c(-c3ccccc3)nn2C)cc1. The van der Waals surface area contributed by atoms with E-state index in [2.05, 4.69) is 5.32 Å². The Hall–Kier alpha value is -4.26. The summed E-state index contributed by atoms with van der Waals surface area (Å²) in [5.74, 6) is 1.98. The van der Waals surface area contributed by atoms with Crippen LogP contribution in [0, 0.1) is 0 Å². The third-order valence-corrected chi connectivity index (χ3v) is 5.67. The first-order valence-electron chi connectivity index (χ1n) is 12.0. The number of nitrogens with one attached hydrogen (secondary N) is 1. The average Bonchev–Trinajstić information content (AvgIpc) is 3.19. The van der Waals surface area contributed by atoms with E-state index in [-0.39, 0.29) is 12.1 Å². The van der Waals surface area contributed by atoms with Crippen LogP contribution in [0.3, 0.4) is 0 Å². The van der Waals surface area contributed by atoms with Crippen molar-refractivity contribution in [2.24, 2.45) is 7.05 Å². The molecule has 4 aromatic rings. The number of urea groups is 1. The molecule has 0 saturated heterocycles. The van der Waals surface area contributed by atoms with E-state index in [9.17, 15) is 4.79 Å². The van der Waals surface area contributed by atoms with Gasteiger partial charge in [0.2, 0.25) is 5.88 Å². The summed E-state index contributed by atoms with van der Waals surface area (Å²) in [6.07, 6.45) is 0. The van der Waals surface area contributed by atoms with Gasteiger partial charge in [-0.1, -0.05) is 60.7 Å². The van der Waals surface area contributed by atoms with Gasteiger partial charge in [0.1, 0.15) is 17.2 Å². The standard InChI is InChI=1S/C29H32N4O3/c1-21(2)30-29(34)33(19-22-11-7-5-8-12-22)20-26-27(23-13-9-6-10-14-23)31-32(3)28(26)36-25-17-15-24(35-4)16-18-25/h5-18,21H,19-20H2,1-4H3,(H,30,34). The first-order chi connectivity index (χ1) is 17.4. The van der Waals surface area contributed by atoms with Crippen molar-refractivity contribution in [2.45, 2.75) is 33.0 Å². The Morgan fingerprint density at radius 2 is 1.53 bits per heavy atom. The summed E-state index contributed by atoms with van der Waals surface area (Å²) in [5, 5.41) is 7.84. The van der Waals surface area contributed by atoms with Crippen LogP contribution in [0.5, 0.6) is 17.4 Å². The fourth-order valence-electron chi connectivity index (χ4n) is 3.94. The van der Waals surface area contributed by atoms with E-state index in [1.165, 1.54) is 0 Å². The molecule has 0 saturated carbocycles. The molecule has 4 rings (SSSR count). The van der Waals surface area contributed by atoms with Crippen molar-refractivity contribution >= 4 is 6.03 Å². The summed E-state index contributed by atoms with van der Waals surface area (Å²) in [4.78, 5) is 15.1. The predicted octanol–water partition coefficient (Wildman–Crippen LogP) is 6.01. The fourth-order valence-corrected chi connectivity index (χ4v) is 3.94. The lowest BCUT2D eigenvalue weighted by Crippen LogP contribution is -2.42. The molecule has 0 aliphatic carbocycles. The van der Waals surface area contributed by atoms with E-state index >= 15 is 0 Å². The van der Waals surface area contributed by atoms with Gasteiger partial charge in [0, 0.05) is 25.2 Å². The summed E-state index contributed by atoms with van der Waals surface area (Å²) in [6, 6.07) is 27.2. The smallest absolute Gasteiger partial charge is 0.318 e. The third-order valence-electron chi connectivity index (χ3n) is 5.67. The second-order valence-electron chi connectivity index (χ2n) is 8.85. The molecule has 7 nitrogen and oxygen atoms in total. The summed E-state index contributed by atoms with van der Waals surface area (Å²) < 4.78 is 13.3. The van der Waals surface area contributed by atoms with Crippen LogP contribution in [0.15, 0.2) is 84.9 Å². The number of hydrogen-bond acceptors (Lipinski definition) is 4. The van der Waals surface area contributed by atoms with Crippen molar-refractivity contribution in [3.8, 4) is 28.6 Å². The van der Waals surface area contributed by atoms with Crippen LogP contribution >= 0.6 is 0 Å². The number of benzene rings is 3. The van der Waals surface area contributed by atoms with Crippen LogP contribution < -0.4 is 14.8 Å². The lowest BCUT2D eigenvalue weighted by molar-refractivity contribution is 0.189. The Morgan fingerprint density at radius 3 is 2.14 bits per heavy atom. The van der Waals surface area contributed by atoms with E-state index in [4.69, 9.17) is 14.6 Å². The first kappa shape index (κ1) is 24.9. The van der Waals surface area contributed by atoms with Gasteiger partial charge >= 0.3 is 6.03 Å². The monoisotopic (exact) mass is 484 g/mol. The Labute approximate surface area is 212 Å². The lowest BCUT2D eigenvalue weighted by Gasteiger charge is -2.25. The van der Waals surface area contributed by atoms with Crippen molar-refractivity contribution in [1.82, 2.24) is 20.0 Å². The maximum Gasteiger partial charge on any atom is 0.318 e. The zero-order valence-electron chi connectivity index (χ0n) is 21.1. The molecule has 3 aromatic carbocycles. The molecular formula is C29H32N4O3. The minimum atomic E-state index is -0.146. The molecule has 0 unspecified atom stereocenters. The number of rotatable bonds is 9. The summed E-state index contributed by atoms with van der Waals surface area (Å²) in [6.45, 7) is 4.67. The Kier molecular flexibility index (Phi) is 7.90. The number of carbonyl (C=O) groups excluding carboxylic acids is 1. The molecule has 186 valence electrons. The highest BCUT2D eigenvalue weighted by atomic mass is 16.5. The highest BCUT2D eigenvalue weighted by molar-refractivity contribution is 5.75. The van der Waals surface area contributed by atoms with Gasteiger partial charge in [-0.3, -0.25) is 0 Å². The van der Waals surface area contributed by atoms with Gasteiger partial charge in [0.15, 0.2) is 0 Å². The number of aromatic nitrogens is 2. The fraction of sp³-hybridized carbons (Fsp3) is 0.241. The number of amides is 2. The van der Waals surface area contributed by atoms with Crippen LogP contribution in [0.1, 0.15) is 25.0 Å². The van der Waals surface area contributed by atoms with Gasteiger partial charge in [-0.15, -0.1) is 0 Å². The van der Waals surface area contributed by atoms with E-state index < -0.39 is 0 Å². The highest BCUT2D eigenvalue weighted by Gasteiger charge is 2.25. The zero-order chi connectivity index (χ0) is 25.5. The molecular weight excluding hydrogens is 452 g/mol. The van der Waals surface area contributed by atoms with Gasteiger partial charge < -0.3 is 19.7 Å². The second kappa shape index (κ2) is 11.4. The number of nitrogens with zero attached hydrogens (tertiary/aromatic N) is 3. The molecule has 0 atom stereocenters. The Morgan fingerprint density at radius 1 is 0.917 bits per heavy atom. The minimum absolute atomic E-state index is 0.00767. The number of carbonyl (C=O) groups is 1. The van der Waals surface area contributed by atoms with Crippen LogP contribution in [-0.4, -0.2) is 33.9 Å². The maximum absolute atomic E-state index is 13.3. The van der Waals surface area contributed by atoms with Crippen molar-refractivity contribution in [3.05, 3.63) is 96.1 Å². The number of hydrogen-bond donors (Lipinski definition) is 1. The normalized spacial score (nSPS) is 10.8. The van der Waals surface area contributed by atoms with E-state index in [1.54, 1.807) is 16.7 Å². The van der Waals surface area contributed by atoms with Crippen LogP contribution in [0.4, 0.5) is 4.79 Å². The molecule has 1 aromatic heterocycles. The Balaban J connectivity index is 1.75. The van der Waals surface area contributed by atoms with Gasteiger partial charge in [0.05, 0.1) is 19.2 Å². The molecule has 7 heteroatoms. The van der Waals surface area contributed by atoms with Crippen molar-refractivity contribution in [2.75, 3.05) is 7.11 Å². The van der Waals surface area contributed by atoms with Crippen molar-refractivity contribution < 1.29 is 14.3 Å². The number of aryl methyl sites for hydroxylation is 1. The third kappa shape index (κ3) is 6.05. The molecule has 0 fully saturated rings. The summed E-state index contributed by atoms with van der Waals surface area (Å²) in [7, 11) is 3.48. The maximum atomic E-state index is 13.3. The van der Waals surface area contributed by atoms with Crippen molar-refractivity contribution in [1.29, 1.82) is 0 Å². The first-order valence-corrected chi connectivity index (χ1v) is 12.0. The molecule has 1 N–H and O–H groups in total. The highest BCUT2D eigenvalue weighted by Crippen LogP contribution is 2.35. The molecule has 0 aliphatic heterocycles. The predicted molar refractivity (Wildman–Crippen MR) is 141 cm³/mol. The molecule has 1 heterocycles. The molecule has 36 heavy (non-hydrogen) atoms. The molecule has 2 amide bonds. The van der Waals surface area contributed by atoms with Crippen LogP contribution in [-0.2, 0) is 20.1 Å². The second-order valence-corrected chi connectivity index (χ2v) is 8.85. The molecule has 0 bridgehead atoms.